The maximum absolute atomic E-state index is 13.3. The molecule has 2 aliphatic rings. The fraction of sp³-hybridized carbons (Fsp3) is 0.150. The van der Waals surface area contributed by atoms with Crippen LogP contribution in [0.3, 0.4) is 0 Å². The summed E-state index contributed by atoms with van der Waals surface area (Å²) in [6.07, 6.45) is 1.73. The van der Waals surface area contributed by atoms with Gasteiger partial charge in [0.15, 0.2) is 11.6 Å². The number of ketones is 2. The van der Waals surface area contributed by atoms with Gasteiger partial charge in [0.2, 0.25) is 0 Å². The van der Waals surface area contributed by atoms with Gasteiger partial charge in [-0.25, -0.2) is 0 Å². The third-order valence-corrected chi connectivity index (χ3v) is 9.16. The largest absolute Gasteiger partial charge is 0.310 e. The third kappa shape index (κ3) is 4.28. The van der Waals surface area contributed by atoms with Crippen molar-refractivity contribution in [3.05, 3.63) is 147 Å². The number of hydrogen-bond acceptors (Lipinski definition) is 3. The summed E-state index contributed by atoms with van der Waals surface area (Å²) in [6, 6.07) is 32.9. The van der Waals surface area contributed by atoms with E-state index < -0.39 is 0 Å². The average molecular weight is 570 g/mol. The Balaban J connectivity index is 1.40. The highest BCUT2D eigenvalue weighted by Gasteiger charge is 2.38. The van der Waals surface area contributed by atoms with Crippen molar-refractivity contribution in [2.24, 2.45) is 0 Å². The van der Waals surface area contributed by atoms with Crippen LogP contribution in [0, 0.1) is 20.8 Å². The van der Waals surface area contributed by atoms with Crippen LogP contribution in [0.4, 0.5) is 17.1 Å². The lowest BCUT2D eigenvalue weighted by Crippen LogP contribution is -2.30. The standard InChI is InChI=1S/C40H32BNO2/c1-23-17-24(2)37(25(3)18-23)27-12-16-36-34(21-27)40(4,5)33-20-26(11-15-35(33)42(36)29-9-7-6-8-10-29)19-32-38(43)30-14-13-28(41)22-31(30)39(32)44/h6-22H,1-5H3/b32-19-. The second-order valence-corrected chi connectivity index (χ2v) is 12.6. The molecule has 1 heterocycles. The Morgan fingerprint density at radius 3 is 2.02 bits per heavy atom. The van der Waals surface area contributed by atoms with Gasteiger partial charge in [0.1, 0.15) is 7.85 Å². The zero-order valence-corrected chi connectivity index (χ0v) is 25.7. The SMILES string of the molecule is [B]c1ccc2c(c1)C(=O)/C(=C\c1ccc3c(c1)C(C)(C)c1cc(-c4c(C)cc(C)cc4C)ccc1N3c1ccccc1)C2=O. The van der Waals surface area contributed by atoms with E-state index in [0.717, 1.165) is 28.2 Å². The Hall–Kier alpha value is -4.96. The van der Waals surface area contributed by atoms with Crippen LogP contribution >= 0.6 is 0 Å². The summed E-state index contributed by atoms with van der Waals surface area (Å²) >= 11 is 0. The van der Waals surface area contributed by atoms with Gasteiger partial charge in [-0.1, -0.05) is 85.5 Å². The number of Topliss-reactive ketones (excluding diaryl/α,β-unsaturated/α-hetero) is 2. The minimum Gasteiger partial charge on any atom is -0.310 e. The Bertz CT molecular complexity index is 2050. The summed E-state index contributed by atoms with van der Waals surface area (Å²) in [5.41, 5.74) is 13.7. The predicted molar refractivity (Wildman–Crippen MR) is 181 cm³/mol. The maximum atomic E-state index is 13.3. The van der Waals surface area contributed by atoms with Crippen LogP contribution in [0.2, 0.25) is 0 Å². The van der Waals surface area contributed by atoms with Gasteiger partial charge >= 0.3 is 0 Å². The van der Waals surface area contributed by atoms with Gasteiger partial charge in [-0.15, -0.1) is 0 Å². The molecule has 0 atom stereocenters. The first-order valence-electron chi connectivity index (χ1n) is 15.0. The summed E-state index contributed by atoms with van der Waals surface area (Å²) in [5.74, 6) is -0.536. The average Bonchev–Trinajstić information content (AvgIpc) is 3.22. The highest BCUT2D eigenvalue weighted by atomic mass is 16.2. The first kappa shape index (κ1) is 27.9. The second-order valence-electron chi connectivity index (χ2n) is 12.6. The van der Waals surface area contributed by atoms with Crippen molar-refractivity contribution in [1.29, 1.82) is 0 Å². The van der Waals surface area contributed by atoms with Crippen molar-refractivity contribution < 1.29 is 9.59 Å². The quantitative estimate of drug-likeness (QED) is 0.124. The van der Waals surface area contributed by atoms with Crippen LogP contribution in [-0.2, 0) is 5.41 Å². The van der Waals surface area contributed by atoms with Gasteiger partial charge in [0.05, 0.1) is 16.9 Å². The van der Waals surface area contributed by atoms with Crippen LogP contribution < -0.4 is 10.4 Å². The Labute approximate surface area is 260 Å². The van der Waals surface area contributed by atoms with Gasteiger partial charge in [0.25, 0.3) is 0 Å². The van der Waals surface area contributed by atoms with E-state index in [2.05, 4.69) is 106 Å². The normalized spacial score (nSPS) is 15.8. The number of carbonyl (C=O) groups excluding carboxylic acids is 2. The molecular weight excluding hydrogens is 537 g/mol. The monoisotopic (exact) mass is 569 g/mol. The molecule has 0 saturated carbocycles. The van der Waals surface area contributed by atoms with Crippen molar-refractivity contribution in [3.8, 4) is 11.1 Å². The molecule has 2 radical (unpaired) electrons. The number of fused-ring (bicyclic) bond motifs is 3. The van der Waals surface area contributed by atoms with Crippen molar-refractivity contribution in [3.63, 3.8) is 0 Å². The summed E-state index contributed by atoms with van der Waals surface area (Å²) in [7, 11) is 5.93. The van der Waals surface area contributed by atoms with Crippen LogP contribution in [0.1, 0.15) is 67.9 Å². The number of anilines is 3. The molecule has 5 aromatic carbocycles. The minimum atomic E-state index is -0.367. The Kier molecular flexibility index (Phi) is 6.37. The Morgan fingerprint density at radius 1 is 0.682 bits per heavy atom. The fourth-order valence-electron chi connectivity index (χ4n) is 7.13. The smallest absolute Gasteiger partial charge is 0.197 e. The number of para-hydroxylation sites is 1. The summed E-state index contributed by atoms with van der Waals surface area (Å²) < 4.78 is 0. The number of hydrogen-bond donors (Lipinski definition) is 0. The number of rotatable bonds is 3. The lowest BCUT2D eigenvalue weighted by molar-refractivity contribution is 0.0990. The third-order valence-electron chi connectivity index (χ3n) is 9.16. The first-order valence-corrected chi connectivity index (χ1v) is 15.0. The van der Waals surface area contributed by atoms with Crippen LogP contribution in [0.5, 0.6) is 0 Å². The molecule has 44 heavy (non-hydrogen) atoms. The van der Waals surface area contributed by atoms with Gasteiger partial charge in [-0.3, -0.25) is 9.59 Å². The van der Waals surface area contributed by atoms with Crippen molar-refractivity contribution in [2.75, 3.05) is 4.90 Å². The van der Waals surface area contributed by atoms with E-state index >= 15 is 0 Å². The lowest BCUT2D eigenvalue weighted by atomic mass is 9.72. The van der Waals surface area contributed by atoms with Gasteiger partial charge in [-0.05, 0) is 102 Å². The van der Waals surface area contributed by atoms with Crippen LogP contribution in [0.25, 0.3) is 17.2 Å². The molecule has 5 aromatic rings. The van der Waals surface area contributed by atoms with E-state index in [1.165, 1.54) is 33.4 Å². The van der Waals surface area contributed by atoms with E-state index in [0.29, 0.717) is 16.6 Å². The number of benzene rings is 5. The van der Waals surface area contributed by atoms with E-state index in [-0.39, 0.29) is 22.6 Å². The van der Waals surface area contributed by atoms with Crippen molar-refractivity contribution in [1.82, 2.24) is 0 Å². The van der Waals surface area contributed by atoms with Crippen molar-refractivity contribution in [2.45, 2.75) is 40.0 Å². The van der Waals surface area contributed by atoms with Crippen LogP contribution in [0.15, 0.2) is 103 Å². The molecule has 1 aliphatic carbocycles. The van der Waals surface area contributed by atoms with E-state index in [1.807, 2.05) is 12.1 Å². The molecule has 4 heteroatoms. The topological polar surface area (TPSA) is 37.4 Å². The summed E-state index contributed by atoms with van der Waals surface area (Å²) in [5, 5.41) is 0. The Morgan fingerprint density at radius 2 is 1.32 bits per heavy atom. The van der Waals surface area contributed by atoms with Gasteiger partial charge < -0.3 is 4.90 Å². The zero-order chi connectivity index (χ0) is 30.9. The van der Waals surface area contributed by atoms with Gasteiger partial charge in [0, 0.05) is 22.2 Å². The van der Waals surface area contributed by atoms with E-state index in [1.54, 1.807) is 24.3 Å². The number of carbonyl (C=O) groups is 2. The first-order chi connectivity index (χ1) is 21.0. The molecule has 7 rings (SSSR count). The molecule has 0 aromatic heterocycles. The summed E-state index contributed by atoms with van der Waals surface area (Å²) in [6.45, 7) is 11.0. The van der Waals surface area contributed by atoms with Crippen molar-refractivity contribution >= 4 is 48.0 Å². The highest BCUT2D eigenvalue weighted by molar-refractivity contribution is 6.43. The molecule has 0 N–H and O–H groups in total. The minimum absolute atomic E-state index is 0.173. The second kappa shape index (κ2) is 10.1. The molecule has 3 nitrogen and oxygen atoms in total. The molecule has 0 bridgehead atoms. The molecule has 0 spiro atoms. The van der Waals surface area contributed by atoms with E-state index in [4.69, 9.17) is 7.85 Å². The van der Waals surface area contributed by atoms with Crippen LogP contribution in [-0.4, -0.2) is 19.4 Å². The maximum Gasteiger partial charge on any atom is 0.197 e. The number of allylic oxidation sites excluding steroid dienone is 1. The van der Waals surface area contributed by atoms with Gasteiger partial charge in [-0.2, -0.15) is 0 Å². The fourth-order valence-corrected chi connectivity index (χ4v) is 7.13. The molecule has 0 fully saturated rings. The molecule has 0 unspecified atom stereocenters. The molecule has 1 aliphatic heterocycles. The zero-order valence-electron chi connectivity index (χ0n) is 25.7. The molecule has 212 valence electrons. The number of nitrogens with zero attached hydrogens (tertiary/aromatic N) is 1. The van der Waals surface area contributed by atoms with E-state index in [9.17, 15) is 9.59 Å². The molecule has 0 saturated heterocycles. The molecule has 0 amide bonds. The number of aryl methyl sites for hydroxylation is 3. The lowest BCUT2D eigenvalue weighted by Gasteiger charge is -2.42. The predicted octanol–water partition coefficient (Wildman–Crippen LogP) is 8.64. The molecular formula is C40H32BNO2. The highest BCUT2D eigenvalue weighted by Crippen LogP contribution is 2.53. The summed E-state index contributed by atoms with van der Waals surface area (Å²) in [4.78, 5) is 28.8.